The van der Waals surface area contributed by atoms with Crippen LogP contribution in [0.3, 0.4) is 0 Å². The lowest BCUT2D eigenvalue weighted by atomic mass is 10.1. The topological polar surface area (TPSA) is 63.0 Å². The Kier molecular flexibility index (Phi) is 4.34. The van der Waals surface area contributed by atoms with E-state index in [-0.39, 0.29) is 12.4 Å². The summed E-state index contributed by atoms with van der Waals surface area (Å²) in [7, 11) is 0. The van der Waals surface area contributed by atoms with Crippen LogP contribution in [0.4, 0.5) is 0 Å². The van der Waals surface area contributed by atoms with E-state index in [0.717, 1.165) is 0 Å². The summed E-state index contributed by atoms with van der Waals surface area (Å²) in [5.41, 5.74) is 1.46. The molecule has 0 amide bonds. The second-order valence-electron chi connectivity index (χ2n) is 4.10. The van der Waals surface area contributed by atoms with Gasteiger partial charge in [0.25, 0.3) is 0 Å². The molecule has 0 radical (unpaired) electrons. The zero-order valence-electron chi connectivity index (χ0n) is 10.8. The van der Waals surface area contributed by atoms with E-state index in [1.54, 1.807) is 37.4 Å². The van der Waals surface area contributed by atoms with Crippen LogP contribution in [-0.2, 0) is 0 Å². The van der Waals surface area contributed by atoms with Crippen molar-refractivity contribution in [2.45, 2.75) is 6.92 Å². The number of hydrogen-bond donors (Lipinski definition) is 0. The first-order valence-electron chi connectivity index (χ1n) is 5.89. The summed E-state index contributed by atoms with van der Waals surface area (Å²) in [6.07, 6.45) is 1.62. The van der Waals surface area contributed by atoms with Gasteiger partial charge in [0.1, 0.15) is 11.8 Å². The fraction of sp³-hybridized carbons (Fsp3) is 0.133. The summed E-state index contributed by atoms with van der Waals surface area (Å²) in [4.78, 5) is 16.1. The second-order valence-corrected chi connectivity index (χ2v) is 4.54. The van der Waals surface area contributed by atoms with E-state index < -0.39 is 0 Å². The molecule has 0 spiro atoms. The van der Waals surface area contributed by atoms with Crippen molar-refractivity contribution in [2.75, 3.05) is 6.61 Å². The normalized spacial score (nSPS) is 9.85. The molecule has 5 heteroatoms. The molecule has 0 aliphatic rings. The van der Waals surface area contributed by atoms with Crippen LogP contribution in [0.1, 0.15) is 21.6 Å². The summed E-state index contributed by atoms with van der Waals surface area (Å²) in [5, 5.41) is 9.43. The lowest BCUT2D eigenvalue weighted by Crippen LogP contribution is -2.13. The lowest BCUT2D eigenvalue weighted by Gasteiger charge is -2.08. The van der Waals surface area contributed by atoms with Crippen molar-refractivity contribution < 1.29 is 9.53 Å². The van der Waals surface area contributed by atoms with Gasteiger partial charge in [0.05, 0.1) is 5.56 Å². The van der Waals surface area contributed by atoms with E-state index in [9.17, 15) is 4.79 Å². The van der Waals surface area contributed by atoms with E-state index in [1.807, 2.05) is 6.07 Å². The average molecular weight is 287 g/mol. The van der Waals surface area contributed by atoms with Crippen molar-refractivity contribution in [3.05, 3.63) is 58.4 Å². The Balaban J connectivity index is 2.12. The first kappa shape index (κ1) is 14.0. The number of ketones is 1. The summed E-state index contributed by atoms with van der Waals surface area (Å²) in [6, 6.07) is 10.1. The quantitative estimate of drug-likeness (QED) is 0.810. The molecule has 0 N–H and O–H groups in total. The monoisotopic (exact) mass is 286 g/mol. The molecular weight excluding hydrogens is 276 g/mol. The zero-order valence-corrected chi connectivity index (χ0v) is 11.5. The van der Waals surface area contributed by atoms with Gasteiger partial charge in [-0.05, 0) is 37.3 Å². The number of nitriles is 1. The van der Waals surface area contributed by atoms with Crippen molar-refractivity contribution >= 4 is 17.4 Å². The van der Waals surface area contributed by atoms with Gasteiger partial charge in [0.2, 0.25) is 5.78 Å². The van der Waals surface area contributed by atoms with Crippen LogP contribution in [0.2, 0.25) is 5.02 Å². The number of pyridine rings is 1. The number of carbonyl (C=O) groups is 1. The number of Topliss-reactive ketones (excluding diaryl/α,β-unsaturated/α-hetero) is 1. The number of nitrogens with zero attached hydrogens (tertiary/aromatic N) is 2. The molecule has 1 aromatic carbocycles. The number of ether oxygens (including phenoxy) is 1. The van der Waals surface area contributed by atoms with Gasteiger partial charge in [-0.1, -0.05) is 11.6 Å². The molecule has 0 aliphatic heterocycles. The summed E-state index contributed by atoms with van der Waals surface area (Å²) < 4.78 is 5.40. The highest BCUT2D eigenvalue weighted by molar-refractivity contribution is 6.30. The fourth-order valence-corrected chi connectivity index (χ4v) is 1.89. The van der Waals surface area contributed by atoms with Crippen LogP contribution < -0.4 is 4.74 Å². The van der Waals surface area contributed by atoms with Crippen LogP contribution in [0.5, 0.6) is 5.75 Å². The third kappa shape index (κ3) is 3.14. The molecule has 0 aliphatic carbocycles. The van der Waals surface area contributed by atoms with E-state index in [0.29, 0.717) is 27.6 Å². The van der Waals surface area contributed by atoms with E-state index >= 15 is 0 Å². The van der Waals surface area contributed by atoms with Crippen molar-refractivity contribution in [1.82, 2.24) is 4.98 Å². The predicted molar refractivity (Wildman–Crippen MR) is 75.0 cm³/mol. The molecule has 2 rings (SSSR count). The number of benzene rings is 1. The Morgan fingerprint density at radius 2 is 2.25 bits per heavy atom. The number of aromatic nitrogens is 1. The molecule has 2 aromatic rings. The number of hydrogen-bond acceptors (Lipinski definition) is 4. The zero-order chi connectivity index (χ0) is 14.5. The van der Waals surface area contributed by atoms with Gasteiger partial charge in [-0.25, -0.2) is 0 Å². The molecule has 0 saturated carbocycles. The molecule has 1 heterocycles. The van der Waals surface area contributed by atoms with Crippen LogP contribution in [0, 0.1) is 18.3 Å². The summed E-state index contributed by atoms with van der Waals surface area (Å²) in [5.74, 6) is 0.154. The molecule has 0 bridgehead atoms. The third-order valence-electron chi connectivity index (χ3n) is 2.73. The minimum Gasteiger partial charge on any atom is -0.484 e. The Bertz CT molecular complexity index is 693. The lowest BCUT2D eigenvalue weighted by molar-refractivity contribution is 0.0920. The number of rotatable bonds is 4. The van der Waals surface area contributed by atoms with Crippen LogP contribution in [-0.4, -0.2) is 17.4 Å². The van der Waals surface area contributed by atoms with Gasteiger partial charge < -0.3 is 4.74 Å². The Morgan fingerprint density at radius 3 is 2.95 bits per heavy atom. The second kappa shape index (κ2) is 6.18. The molecule has 4 nitrogen and oxygen atoms in total. The summed E-state index contributed by atoms with van der Waals surface area (Å²) >= 11 is 5.79. The molecule has 0 unspecified atom stereocenters. The molecule has 100 valence electrons. The minimum atomic E-state index is -0.186. The highest BCUT2D eigenvalue weighted by atomic mass is 35.5. The van der Waals surface area contributed by atoms with Crippen molar-refractivity contribution in [3.8, 4) is 11.8 Å². The van der Waals surface area contributed by atoms with Crippen molar-refractivity contribution in [1.29, 1.82) is 5.26 Å². The predicted octanol–water partition coefficient (Wildman–Crippen LogP) is 3.18. The van der Waals surface area contributed by atoms with Crippen LogP contribution in [0.25, 0.3) is 0 Å². The largest absolute Gasteiger partial charge is 0.484 e. The first-order chi connectivity index (χ1) is 9.61. The maximum atomic E-state index is 12.0. The Hall–Kier alpha value is -2.38. The van der Waals surface area contributed by atoms with E-state index in [2.05, 4.69) is 4.98 Å². The standard InChI is InChI=1S/C15H11ClN2O2/c1-10-13(3-2-6-18-10)14(19)9-20-15-5-4-12(16)7-11(15)8-17/h2-7H,9H2,1H3. The van der Waals surface area contributed by atoms with Gasteiger partial charge >= 0.3 is 0 Å². The molecule has 0 atom stereocenters. The molecule has 0 fully saturated rings. The van der Waals surface area contributed by atoms with E-state index in [4.69, 9.17) is 21.6 Å². The maximum Gasteiger partial charge on any atom is 0.202 e. The van der Waals surface area contributed by atoms with Crippen molar-refractivity contribution in [2.24, 2.45) is 0 Å². The van der Waals surface area contributed by atoms with Gasteiger partial charge in [0.15, 0.2) is 6.61 Å². The smallest absolute Gasteiger partial charge is 0.202 e. The average Bonchev–Trinajstić information content (AvgIpc) is 2.46. The SMILES string of the molecule is Cc1ncccc1C(=O)COc1ccc(Cl)cc1C#N. The van der Waals surface area contributed by atoms with Crippen LogP contribution in [0.15, 0.2) is 36.5 Å². The molecule has 1 aromatic heterocycles. The van der Waals surface area contributed by atoms with E-state index in [1.165, 1.54) is 6.07 Å². The molecular formula is C15H11ClN2O2. The number of aryl methyl sites for hydroxylation is 1. The highest BCUT2D eigenvalue weighted by Crippen LogP contribution is 2.22. The fourth-order valence-electron chi connectivity index (χ4n) is 1.72. The van der Waals surface area contributed by atoms with Crippen molar-refractivity contribution in [3.63, 3.8) is 0 Å². The Labute approximate surface area is 121 Å². The van der Waals surface area contributed by atoms with Gasteiger partial charge in [-0.15, -0.1) is 0 Å². The molecule has 0 saturated heterocycles. The third-order valence-corrected chi connectivity index (χ3v) is 2.96. The maximum absolute atomic E-state index is 12.0. The van der Waals surface area contributed by atoms with Crippen LogP contribution >= 0.6 is 11.6 Å². The number of halogens is 1. The number of carbonyl (C=O) groups excluding carboxylic acids is 1. The first-order valence-corrected chi connectivity index (χ1v) is 6.27. The Morgan fingerprint density at radius 1 is 1.45 bits per heavy atom. The minimum absolute atomic E-state index is 0.150. The molecule has 20 heavy (non-hydrogen) atoms. The van der Waals surface area contributed by atoms with Gasteiger partial charge in [0, 0.05) is 22.5 Å². The highest BCUT2D eigenvalue weighted by Gasteiger charge is 2.12. The van der Waals surface area contributed by atoms with Gasteiger partial charge in [-0.3, -0.25) is 9.78 Å². The summed E-state index contributed by atoms with van der Waals surface area (Å²) in [6.45, 7) is 1.61. The van der Waals surface area contributed by atoms with Gasteiger partial charge in [-0.2, -0.15) is 5.26 Å².